The first-order valence-corrected chi connectivity index (χ1v) is 18.1. The molecule has 294 valence electrons. The van der Waals surface area contributed by atoms with E-state index < -0.39 is 84.2 Å². The number of nitrogens with two attached hydrogens (primary N) is 3. The Morgan fingerprint density at radius 1 is 0.925 bits per heavy atom. The third-order valence-electron chi connectivity index (χ3n) is 8.36. The highest BCUT2D eigenvalue weighted by molar-refractivity contribution is 7.80. The molecule has 1 heterocycles. The van der Waals surface area contributed by atoms with Crippen LogP contribution in [0.4, 0.5) is 0 Å². The van der Waals surface area contributed by atoms with Gasteiger partial charge in [-0.3, -0.25) is 33.8 Å². The SMILES string of the molecule is CC(C)CC(N)C(=O)NCC(=O)NC(CS)C(=O)NC(C)C(=O)N1CCCC1C(=O)NC(CCCN=C(N)N)C(=O)NC(Cc1ccccc1)C(=O)O. The number of thiol groups is 1. The lowest BCUT2D eigenvalue weighted by molar-refractivity contribution is -0.143. The zero-order valence-corrected chi connectivity index (χ0v) is 31.3. The predicted octanol–water partition coefficient (Wildman–Crippen LogP) is -2.26. The highest BCUT2D eigenvalue weighted by Gasteiger charge is 2.38. The van der Waals surface area contributed by atoms with Crippen molar-refractivity contribution in [2.75, 3.05) is 25.4 Å². The zero-order chi connectivity index (χ0) is 39.7. The van der Waals surface area contributed by atoms with Gasteiger partial charge < -0.3 is 53.8 Å². The van der Waals surface area contributed by atoms with Crippen LogP contribution in [0.15, 0.2) is 35.3 Å². The average molecular weight is 763 g/mol. The smallest absolute Gasteiger partial charge is 0.326 e. The van der Waals surface area contributed by atoms with Crippen molar-refractivity contribution < 1.29 is 38.7 Å². The molecule has 12 N–H and O–H groups in total. The van der Waals surface area contributed by atoms with E-state index in [0.29, 0.717) is 18.4 Å². The molecule has 0 spiro atoms. The Kier molecular flexibility index (Phi) is 18.6. The van der Waals surface area contributed by atoms with Gasteiger partial charge in [0, 0.05) is 25.3 Å². The number of benzene rings is 1. The van der Waals surface area contributed by atoms with E-state index in [4.69, 9.17) is 17.2 Å². The number of rotatable bonds is 21. The lowest BCUT2D eigenvalue weighted by Gasteiger charge is -2.29. The van der Waals surface area contributed by atoms with Crippen molar-refractivity contribution in [3.63, 3.8) is 0 Å². The molecule has 1 aromatic carbocycles. The molecule has 18 nitrogen and oxygen atoms in total. The second kappa shape index (κ2) is 22.2. The molecule has 0 saturated carbocycles. The van der Waals surface area contributed by atoms with E-state index in [1.54, 1.807) is 30.3 Å². The zero-order valence-electron chi connectivity index (χ0n) is 30.4. The predicted molar refractivity (Wildman–Crippen MR) is 200 cm³/mol. The highest BCUT2D eigenvalue weighted by atomic mass is 32.1. The maximum Gasteiger partial charge on any atom is 0.326 e. The number of aliphatic imine (C=N–C) groups is 1. The summed E-state index contributed by atoms with van der Waals surface area (Å²) >= 11 is 4.14. The molecule has 6 unspecified atom stereocenters. The van der Waals surface area contributed by atoms with Crippen LogP contribution in [0.1, 0.15) is 58.4 Å². The van der Waals surface area contributed by atoms with Gasteiger partial charge in [-0.1, -0.05) is 44.2 Å². The molecule has 53 heavy (non-hydrogen) atoms. The molecule has 1 fully saturated rings. The van der Waals surface area contributed by atoms with Gasteiger partial charge in [0.2, 0.25) is 35.4 Å². The summed E-state index contributed by atoms with van der Waals surface area (Å²) in [7, 11) is 0. The second-order valence-corrected chi connectivity index (χ2v) is 13.6. The molecule has 1 aliphatic rings. The van der Waals surface area contributed by atoms with Crippen LogP contribution in [0, 0.1) is 5.92 Å². The van der Waals surface area contributed by atoms with Crippen LogP contribution in [0.3, 0.4) is 0 Å². The van der Waals surface area contributed by atoms with Gasteiger partial charge in [0.25, 0.3) is 0 Å². The molecule has 6 amide bonds. The minimum absolute atomic E-state index is 0.00651. The van der Waals surface area contributed by atoms with Crippen molar-refractivity contribution in [3.8, 4) is 0 Å². The van der Waals surface area contributed by atoms with Crippen LogP contribution >= 0.6 is 12.6 Å². The number of hydrogen-bond acceptors (Lipinski definition) is 10. The number of carbonyl (C=O) groups is 7. The van der Waals surface area contributed by atoms with Crippen molar-refractivity contribution >= 4 is 60.0 Å². The fourth-order valence-corrected chi connectivity index (χ4v) is 5.90. The number of carboxylic acids is 1. The van der Waals surface area contributed by atoms with Crippen molar-refractivity contribution in [3.05, 3.63) is 35.9 Å². The van der Waals surface area contributed by atoms with Crippen molar-refractivity contribution in [2.45, 2.75) is 95.5 Å². The minimum atomic E-state index is -1.28. The van der Waals surface area contributed by atoms with Crippen molar-refractivity contribution in [1.82, 2.24) is 31.5 Å². The number of hydrogen-bond donors (Lipinski definition) is 10. The molecular formula is C34H54N10O8S. The van der Waals surface area contributed by atoms with Gasteiger partial charge >= 0.3 is 5.97 Å². The first-order valence-electron chi connectivity index (χ1n) is 17.5. The van der Waals surface area contributed by atoms with E-state index in [1.165, 1.54) is 11.8 Å². The number of amides is 6. The molecule has 1 aromatic rings. The number of nitrogens with one attached hydrogen (secondary N) is 5. The highest BCUT2D eigenvalue weighted by Crippen LogP contribution is 2.19. The van der Waals surface area contributed by atoms with E-state index in [0.717, 1.165) is 0 Å². The molecule has 19 heteroatoms. The van der Waals surface area contributed by atoms with E-state index in [2.05, 4.69) is 44.2 Å². The molecule has 6 atom stereocenters. The third-order valence-corrected chi connectivity index (χ3v) is 8.73. The third kappa shape index (κ3) is 15.3. The van der Waals surface area contributed by atoms with Crippen LogP contribution in [0.2, 0.25) is 0 Å². The lowest BCUT2D eigenvalue weighted by Crippen LogP contribution is -2.58. The maximum atomic E-state index is 13.6. The molecule has 2 rings (SSSR count). The summed E-state index contributed by atoms with van der Waals surface area (Å²) in [5.74, 6) is -5.17. The number of nitrogens with zero attached hydrogens (tertiary/aromatic N) is 2. The molecule has 0 bridgehead atoms. The number of carbonyl (C=O) groups excluding carboxylic acids is 6. The summed E-state index contributed by atoms with van der Waals surface area (Å²) < 4.78 is 0. The summed E-state index contributed by atoms with van der Waals surface area (Å²) in [5.41, 5.74) is 17.3. The Morgan fingerprint density at radius 3 is 2.19 bits per heavy atom. The molecule has 0 aromatic heterocycles. The largest absolute Gasteiger partial charge is 0.480 e. The molecule has 0 aliphatic carbocycles. The number of carboxylic acid groups (broad SMARTS) is 1. The van der Waals surface area contributed by atoms with Crippen LogP contribution in [0.5, 0.6) is 0 Å². The second-order valence-electron chi connectivity index (χ2n) is 13.3. The first kappa shape index (κ1) is 44.3. The number of guanidine groups is 1. The summed E-state index contributed by atoms with van der Waals surface area (Å²) in [5, 5.41) is 22.4. The van der Waals surface area contributed by atoms with Crippen molar-refractivity contribution in [1.29, 1.82) is 0 Å². The summed E-state index contributed by atoms with van der Waals surface area (Å²) in [6.07, 6.45) is 1.50. The number of aliphatic carboxylic acids is 1. The topological polar surface area (TPSA) is 294 Å². The Labute approximate surface area is 314 Å². The normalized spacial score (nSPS) is 16.6. The summed E-state index contributed by atoms with van der Waals surface area (Å²) in [6.45, 7) is 5.17. The van der Waals surface area contributed by atoms with Gasteiger partial charge in [-0.15, -0.1) is 0 Å². The number of likely N-dealkylation sites (tertiary alicyclic amines) is 1. The van der Waals surface area contributed by atoms with Gasteiger partial charge in [0.05, 0.1) is 12.6 Å². The fraction of sp³-hybridized carbons (Fsp3) is 0.588. The monoisotopic (exact) mass is 762 g/mol. The Balaban J connectivity index is 2.06. The average Bonchev–Trinajstić information content (AvgIpc) is 3.60. The molecular weight excluding hydrogens is 709 g/mol. The Bertz CT molecular complexity index is 1460. The van der Waals surface area contributed by atoms with Crippen LogP contribution < -0.4 is 43.8 Å². The van der Waals surface area contributed by atoms with Crippen molar-refractivity contribution in [2.24, 2.45) is 28.1 Å². The lowest BCUT2D eigenvalue weighted by atomic mass is 10.0. The molecule has 1 saturated heterocycles. The van der Waals surface area contributed by atoms with Crippen LogP contribution in [0.25, 0.3) is 0 Å². The molecule has 1 aliphatic heterocycles. The van der Waals surface area contributed by atoms with Crippen LogP contribution in [-0.4, -0.2) is 119 Å². The van der Waals surface area contributed by atoms with Gasteiger partial charge in [-0.25, -0.2) is 4.79 Å². The summed E-state index contributed by atoms with van der Waals surface area (Å²) in [4.78, 5) is 95.4. The Hall–Kier alpha value is -4.91. The fourth-order valence-electron chi connectivity index (χ4n) is 5.64. The van der Waals surface area contributed by atoms with E-state index in [-0.39, 0.29) is 56.4 Å². The van der Waals surface area contributed by atoms with Gasteiger partial charge in [-0.05, 0) is 50.5 Å². The van der Waals surface area contributed by atoms with Gasteiger partial charge in [0.15, 0.2) is 5.96 Å². The first-order chi connectivity index (χ1) is 25.0. The molecule has 0 radical (unpaired) electrons. The summed E-state index contributed by atoms with van der Waals surface area (Å²) in [6, 6.07) is 2.24. The van der Waals surface area contributed by atoms with E-state index in [1.807, 2.05) is 13.8 Å². The minimum Gasteiger partial charge on any atom is -0.480 e. The van der Waals surface area contributed by atoms with Gasteiger partial charge in [-0.2, -0.15) is 12.6 Å². The Morgan fingerprint density at radius 2 is 1.58 bits per heavy atom. The van der Waals surface area contributed by atoms with Gasteiger partial charge in [0.1, 0.15) is 30.2 Å². The van der Waals surface area contributed by atoms with Crippen LogP contribution in [-0.2, 0) is 40.0 Å². The van der Waals surface area contributed by atoms with E-state index in [9.17, 15) is 38.7 Å². The standard InChI is InChI=1S/C34H54N10O8S/c1-19(2)15-22(35)28(46)39-17-27(45)41-25(18-53)30(48)40-20(3)32(50)44-14-8-12-26(44)31(49)42-23(11-7-13-38-34(36)37)29(47)43-24(33(51)52)16-21-9-5-4-6-10-21/h4-6,9-10,19-20,22-26,53H,7-8,11-18,35H2,1-3H3,(H,39,46)(H,40,48)(H,41,45)(H,42,49)(H,43,47)(H,51,52)(H4,36,37,38). The van der Waals surface area contributed by atoms with E-state index >= 15 is 0 Å². The maximum absolute atomic E-state index is 13.6. The quantitative estimate of drug-likeness (QED) is 0.0276.